The summed E-state index contributed by atoms with van der Waals surface area (Å²) in [5.74, 6) is -1.07. The van der Waals surface area contributed by atoms with E-state index in [0.717, 1.165) is 0 Å². The Bertz CT molecular complexity index is 668. The number of hydrogen-bond donors (Lipinski definition) is 1. The van der Waals surface area contributed by atoms with Gasteiger partial charge in [0.25, 0.3) is 0 Å². The van der Waals surface area contributed by atoms with E-state index in [1.165, 1.54) is 18.2 Å². The van der Waals surface area contributed by atoms with Crippen molar-refractivity contribution in [2.45, 2.75) is 0 Å². The van der Waals surface area contributed by atoms with Crippen molar-refractivity contribution in [3.8, 4) is 11.1 Å². The molecule has 0 radical (unpaired) electrons. The first kappa shape index (κ1) is 14.5. The lowest BCUT2D eigenvalue weighted by Crippen LogP contribution is -1.96. The molecule has 0 aliphatic rings. The Morgan fingerprint density at radius 2 is 1.47 bits per heavy atom. The van der Waals surface area contributed by atoms with Gasteiger partial charge in [-0.3, -0.25) is 0 Å². The van der Waals surface area contributed by atoms with Gasteiger partial charge < -0.3 is 5.11 Å². The van der Waals surface area contributed by atoms with Crippen LogP contribution in [0.5, 0.6) is 0 Å². The lowest BCUT2D eigenvalue weighted by atomic mass is 10.0. The number of carboxylic acid groups (broad SMARTS) is 1. The SMILES string of the molecule is O=C(O)c1cc(Cl)cc(-c2cc(Cl)c(Cl)cc2Cl)c1. The number of carboxylic acids is 1. The van der Waals surface area contributed by atoms with E-state index >= 15 is 0 Å². The van der Waals surface area contributed by atoms with Crippen molar-refractivity contribution in [3.63, 3.8) is 0 Å². The molecule has 2 rings (SSSR count). The van der Waals surface area contributed by atoms with Gasteiger partial charge in [0.1, 0.15) is 0 Å². The normalized spacial score (nSPS) is 10.5. The van der Waals surface area contributed by atoms with Crippen LogP contribution in [-0.4, -0.2) is 11.1 Å². The molecule has 6 heteroatoms. The molecule has 0 saturated carbocycles. The van der Waals surface area contributed by atoms with Crippen LogP contribution in [0.4, 0.5) is 0 Å². The summed E-state index contributed by atoms with van der Waals surface area (Å²) in [6.45, 7) is 0. The summed E-state index contributed by atoms with van der Waals surface area (Å²) in [5, 5.41) is 10.3. The number of aromatic carboxylic acids is 1. The smallest absolute Gasteiger partial charge is 0.335 e. The van der Waals surface area contributed by atoms with Crippen LogP contribution < -0.4 is 0 Å². The van der Waals surface area contributed by atoms with Crippen LogP contribution in [0.1, 0.15) is 10.4 Å². The molecule has 0 aliphatic heterocycles. The van der Waals surface area contributed by atoms with E-state index in [9.17, 15) is 4.79 Å². The average molecular weight is 336 g/mol. The molecule has 0 unspecified atom stereocenters. The topological polar surface area (TPSA) is 37.3 Å². The first-order valence-corrected chi connectivity index (χ1v) is 6.58. The summed E-state index contributed by atoms with van der Waals surface area (Å²) in [4.78, 5) is 11.0. The summed E-state index contributed by atoms with van der Waals surface area (Å²) in [7, 11) is 0. The maximum absolute atomic E-state index is 11.0. The molecule has 0 heterocycles. The number of rotatable bonds is 2. The minimum atomic E-state index is -1.07. The Labute approximate surface area is 129 Å². The quantitative estimate of drug-likeness (QED) is 0.718. The molecule has 2 aromatic rings. The molecule has 19 heavy (non-hydrogen) atoms. The Morgan fingerprint density at radius 3 is 2.11 bits per heavy atom. The fourth-order valence-corrected chi connectivity index (χ4v) is 2.50. The second-order valence-electron chi connectivity index (χ2n) is 3.78. The van der Waals surface area contributed by atoms with Gasteiger partial charge >= 0.3 is 5.97 Å². The van der Waals surface area contributed by atoms with Gasteiger partial charge in [-0.15, -0.1) is 0 Å². The minimum absolute atomic E-state index is 0.0737. The van der Waals surface area contributed by atoms with E-state index in [1.807, 2.05) is 0 Å². The van der Waals surface area contributed by atoms with Gasteiger partial charge in [-0.25, -0.2) is 4.79 Å². The zero-order valence-electron chi connectivity index (χ0n) is 9.25. The molecular formula is C13H6Cl4O2. The monoisotopic (exact) mass is 334 g/mol. The third kappa shape index (κ3) is 3.15. The van der Waals surface area contributed by atoms with Crippen molar-refractivity contribution >= 4 is 52.4 Å². The molecule has 0 atom stereocenters. The van der Waals surface area contributed by atoms with Crippen LogP contribution in [0, 0.1) is 0 Å². The maximum Gasteiger partial charge on any atom is 0.335 e. The highest BCUT2D eigenvalue weighted by atomic mass is 35.5. The fraction of sp³-hybridized carbons (Fsp3) is 0. The summed E-state index contributed by atoms with van der Waals surface area (Å²) in [5.41, 5.74) is 1.21. The molecule has 0 bridgehead atoms. The third-order valence-corrected chi connectivity index (χ3v) is 3.72. The van der Waals surface area contributed by atoms with Gasteiger partial charge in [0.2, 0.25) is 0 Å². The zero-order chi connectivity index (χ0) is 14.2. The van der Waals surface area contributed by atoms with Gasteiger partial charge in [0.05, 0.1) is 15.6 Å². The molecule has 0 aromatic heterocycles. The highest BCUT2D eigenvalue weighted by Gasteiger charge is 2.12. The first-order chi connectivity index (χ1) is 8.88. The van der Waals surface area contributed by atoms with Gasteiger partial charge in [0.15, 0.2) is 0 Å². The lowest BCUT2D eigenvalue weighted by molar-refractivity contribution is 0.0697. The molecule has 2 aromatic carbocycles. The molecular weight excluding hydrogens is 330 g/mol. The molecule has 0 aliphatic carbocycles. The third-order valence-electron chi connectivity index (χ3n) is 2.47. The van der Waals surface area contributed by atoms with Gasteiger partial charge in [-0.05, 0) is 35.9 Å². The zero-order valence-corrected chi connectivity index (χ0v) is 12.3. The standard InChI is InChI=1S/C13H6Cl4O2/c14-8-2-6(1-7(3-8)13(18)19)9-4-11(16)12(17)5-10(9)15/h1-5H,(H,18,19). The number of benzene rings is 2. The molecule has 98 valence electrons. The molecule has 0 saturated heterocycles. The van der Waals surface area contributed by atoms with Crippen molar-refractivity contribution in [2.75, 3.05) is 0 Å². The van der Waals surface area contributed by atoms with E-state index in [2.05, 4.69) is 0 Å². The van der Waals surface area contributed by atoms with Gasteiger partial charge in [0, 0.05) is 15.6 Å². The molecule has 2 nitrogen and oxygen atoms in total. The number of halogens is 4. The van der Waals surface area contributed by atoms with Crippen LogP contribution in [0.3, 0.4) is 0 Å². The van der Waals surface area contributed by atoms with Crippen LogP contribution in [0.2, 0.25) is 20.1 Å². The molecule has 0 fully saturated rings. The first-order valence-electron chi connectivity index (χ1n) is 5.07. The second-order valence-corrected chi connectivity index (χ2v) is 5.44. The largest absolute Gasteiger partial charge is 0.478 e. The Hall–Kier alpha value is -0.930. The Kier molecular flexibility index (Phi) is 4.26. The van der Waals surface area contributed by atoms with Gasteiger partial charge in [-0.1, -0.05) is 46.4 Å². The van der Waals surface area contributed by atoms with Crippen LogP contribution >= 0.6 is 46.4 Å². The highest BCUT2D eigenvalue weighted by Crippen LogP contribution is 2.36. The number of carbonyl (C=O) groups is 1. The van der Waals surface area contributed by atoms with Crippen LogP contribution in [0.15, 0.2) is 30.3 Å². The highest BCUT2D eigenvalue weighted by molar-refractivity contribution is 6.44. The van der Waals surface area contributed by atoms with Crippen molar-refractivity contribution < 1.29 is 9.90 Å². The van der Waals surface area contributed by atoms with Crippen LogP contribution in [-0.2, 0) is 0 Å². The predicted octanol–water partition coefficient (Wildman–Crippen LogP) is 5.67. The van der Waals surface area contributed by atoms with E-state index in [4.69, 9.17) is 51.5 Å². The fourth-order valence-electron chi connectivity index (χ4n) is 1.61. The van der Waals surface area contributed by atoms with Crippen LogP contribution in [0.25, 0.3) is 11.1 Å². The Morgan fingerprint density at radius 1 is 0.842 bits per heavy atom. The lowest BCUT2D eigenvalue weighted by Gasteiger charge is -2.08. The van der Waals surface area contributed by atoms with E-state index in [-0.39, 0.29) is 5.56 Å². The summed E-state index contributed by atoms with van der Waals surface area (Å²) in [6.07, 6.45) is 0. The van der Waals surface area contributed by atoms with E-state index in [1.54, 1.807) is 12.1 Å². The van der Waals surface area contributed by atoms with Crippen molar-refractivity contribution in [2.24, 2.45) is 0 Å². The predicted molar refractivity (Wildman–Crippen MR) is 78.9 cm³/mol. The minimum Gasteiger partial charge on any atom is -0.478 e. The summed E-state index contributed by atoms with van der Waals surface area (Å²) < 4.78 is 0. The van der Waals surface area contributed by atoms with Crippen molar-refractivity contribution in [1.29, 1.82) is 0 Å². The molecule has 0 amide bonds. The second kappa shape index (κ2) is 5.59. The molecule has 0 spiro atoms. The average Bonchev–Trinajstić information content (AvgIpc) is 2.33. The summed E-state index contributed by atoms with van der Waals surface area (Å²) >= 11 is 23.8. The van der Waals surface area contributed by atoms with E-state index in [0.29, 0.717) is 31.2 Å². The Balaban J connectivity index is 2.65. The van der Waals surface area contributed by atoms with Gasteiger partial charge in [-0.2, -0.15) is 0 Å². The molecule has 1 N–H and O–H groups in total. The number of hydrogen-bond acceptors (Lipinski definition) is 1. The summed E-state index contributed by atoms with van der Waals surface area (Å²) in [6, 6.07) is 7.52. The van der Waals surface area contributed by atoms with E-state index < -0.39 is 5.97 Å². The maximum atomic E-state index is 11.0. The van der Waals surface area contributed by atoms with Crippen molar-refractivity contribution in [1.82, 2.24) is 0 Å². The van der Waals surface area contributed by atoms with Crippen molar-refractivity contribution in [3.05, 3.63) is 56.0 Å².